The van der Waals surface area contributed by atoms with Gasteiger partial charge < -0.3 is 15.4 Å². The lowest BCUT2D eigenvalue weighted by atomic mass is 10.1. The van der Waals surface area contributed by atoms with Crippen LogP contribution in [0.2, 0.25) is 0 Å². The molecule has 1 saturated heterocycles. The van der Waals surface area contributed by atoms with Gasteiger partial charge in [-0.25, -0.2) is 9.79 Å². The number of methoxy groups -OCH3 is 1. The number of nitrogens with one attached hydrogen (secondary N) is 3. The van der Waals surface area contributed by atoms with Crippen molar-refractivity contribution in [1.82, 2.24) is 15.5 Å². The van der Waals surface area contributed by atoms with Crippen LogP contribution in [0.1, 0.15) is 36.9 Å². The van der Waals surface area contributed by atoms with E-state index < -0.39 is 6.09 Å². The molecule has 0 saturated carbocycles. The maximum Gasteiger partial charge on any atom is 0.411 e. The van der Waals surface area contributed by atoms with Gasteiger partial charge in [-0.05, 0) is 56.1 Å². The molecule has 1 atom stereocenters. The molecule has 7 nitrogen and oxygen atoms in total. The molecule has 1 heterocycles. The largest absolute Gasteiger partial charge is 0.453 e. The monoisotopic (exact) mass is 551 g/mol. The molecule has 1 unspecified atom stereocenters. The number of guanidine groups is 1. The van der Waals surface area contributed by atoms with Crippen LogP contribution in [0.15, 0.2) is 59.6 Å². The average Bonchev–Trinajstić information content (AvgIpc) is 3.33. The lowest BCUT2D eigenvalue weighted by molar-refractivity contribution is 0.187. The Hall–Kier alpha value is -2.33. The highest BCUT2D eigenvalue weighted by Crippen LogP contribution is 2.24. The van der Waals surface area contributed by atoms with Gasteiger partial charge in [0.15, 0.2) is 5.96 Å². The molecule has 1 amide bonds. The number of benzene rings is 2. The van der Waals surface area contributed by atoms with Crippen molar-refractivity contribution in [3.05, 3.63) is 65.7 Å². The summed E-state index contributed by atoms with van der Waals surface area (Å²) in [6.45, 7) is 6.50. The van der Waals surface area contributed by atoms with Gasteiger partial charge in [0.1, 0.15) is 0 Å². The molecule has 1 aliphatic rings. The van der Waals surface area contributed by atoms with Crippen molar-refractivity contribution in [2.24, 2.45) is 4.99 Å². The molecule has 1 aliphatic heterocycles. The number of likely N-dealkylation sites (tertiary alicyclic amines) is 1. The van der Waals surface area contributed by atoms with Gasteiger partial charge in [0.2, 0.25) is 0 Å². The summed E-state index contributed by atoms with van der Waals surface area (Å²) in [6, 6.07) is 18.6. The van der Waals surface area contributed by atoms with E-state index in [-0.39, 0.29) is 24.0 Å². The molecular formula is C24H34IN5O2. The summed E-state index contributed by atoms with van der Waals surface area (Å²) >= 11 is 0. The molecule has 3 N–H and O–H groups in total. The van der Waals surface area contributed by atoms with Gasteiger partial charge in [-0.1, -0.05) is 42.5 Å². The lowest BCUT2D eigenvalue weighted by Gasteiger charge is -2.29. The Labute approximate surface area is 208 Å². The first kappa shape index (κ1) is 25.9. The molecule has 32 heavy (non-hydrogen) atoms. The number of ether oxygens (including phenoxy) is 1. The molecule has 8 heteroatoms. The quantitative estimate of drug-likeness (QED) is 0.258. The number of carbonyl (C=O) groups excluding carboxylic acids is 1. The van der Waals surface area contributed by atoms with Gasteiger partial charge in [-0.15, -0.1) is 24.0 Å². The van der Waals surface area contributed by atoms with Crippen molar-refractivity contribution in [2.75, 3.05) is 38.6 Å². The van der Waals surface area contributed by atoms with Gasteiger partial charge in [-0.2, -0.15) is 0 Å². The van der Waals surface area contributed by atoms with Crippen LogP contribution in [0.3, 0.4) is 0 Å². The zero-order chi connectivity index (χ0) is 21.9. The van der Waals surface area contributed by atoms with E-state index in [0.717, 1.165) is 37.7 Å². The Balaban J connectivity index is 0.00000363. The summed E-state index contributed by atoms with van der Waals surface area (Å²) in [5, 5.41) is 9.53. The van der Waals surface area contributed by atoms with Gasteiger partial charge in [0, 0.05) is 18.8 Å². The molecule has 0 aromatic heterocycles. The Morgan fingerprint density at radius 3 is 2.38 bits per heavy atom. The number of hydrogen-bond acceptors (Lipinski definition) is 4. The molecule has 1 fully saturated rings. The molecule has 0 spiro atoms. The summed E-state index contributed by atoms with van der Waals surface area (Å²) in [7, 11) is 1.35. The number of halogens is 1. The third-order valence-corrected chi connectivity index (χ3v) is 5.38. The van der Waals surface area contributed by atoms with Crippen LogP contribution in [0.5, 0.6) is 0 Å². The van der Waals surface area contributed by atoms with E-state index in [0.29, 0.717) is 18.3 Å². The summed E-state index contributed by atoms with van der Waals surface area (Å²) in [5.41, 5.74) is 3.09. The Bertz CT molecular complexity index is 839. The standard InChI is InChI=1S/C24H33N5O2.HI/c1-3-25-23(26-17-19-11-13-21(14-12-19)28-24(30)31-2)27-18-22(29-15-7-8-16-29)20-9-5-4-6-10-20;/h4-6,9-14,22H,3,7-8,15-18H2,1-2H3,(H,28,30)(H2,25,26,27);1H. The zero-order valence-electron chi connectivity index (χ0n) is 18.8. The number of amides is 1. The number of carbonyl (C=O) groups is 1. The number of hydrogen-bond donors (Lipinski definition) is 3. The Morgan fingerprint density at radius 2 is 1.75 bits per heavy atom. The van der Waals surface area contributed by atoms with Gasteiger partial charge >= 0.3 is 6.09 Å². The second-order valence-electron chi connectivity index (χ2n) is 7.56. The molecule has 3 rings (SSSR count). The second-order valence-corrected chi connectivity index (χ2v) is 7.56. The van der Waals surface area contributed by atoms with E-state index >= 15 is 0 Å². The van der Waals surface area contributed by atoms with Crippen LogP contribution in [0.4, 0.5) is 10.5 Å². The van der Waals surface area contributed by atoms with Crippen LogP contribution in [0.25, 0.3) is 0 Å². The first-order chi connectivity index (χ1) is 15.2. The molecule has 2 aromatic carbocycles. The van der Waals surface area contributed by atoms with Crippen LogP contribution < -0.4 is 16.0 Å². The molecular weight excluding hydrogens is 517 g/mol. The first-order valence-corrected chi connectivity index (χ1v) is 10.9. The van der Waals surface area contributed by atoms with E-state index in [1.165, 1.54) is 25.5 Å². The topological polar surface area (TPSA) is 78.0 Å². The van der Waals surface area contributed by atoms with E-state index in [1.54, 1.807) is 0 Å². The van der Waals surface area contributed by atoms with Gasteiger partial charge in [-0.3, -0.25) is 10.2 Å². The number of aliphatic imine (C=N–C) groups is 1. The van der Waals surface area contributed by atoms with Crippen LogP contribution in [-0.4, -0.2) is 50.2 Å². The predicted molar refractivity (Wildman–Crippen MR) is 141 cm³/mol. The zero-order valence-corrected chi connectivity index (χ0v) is 21.2. The average molecular weight is 551 g/mol. The fourth-order valence-electron chi connectivity index (χ4n) is 3.75. The van der Waals surface area contributed by atoms with Crippen molar-refractivity contribution in [2.45, 2.75) is 32.4 Å². The second kappa shape index (κ2) is 13.9. The smallest absolute Gasteiger partial charge is 0.411 e. The van der Waals surface area contributed by atoms with E-state index in [4.69, 9.17) is 4.99 Å². The normalized spacial score (nSPS) is 14.9. The third kappa shape index (κ3) is 7.98. The fourth-order valence-corrected chi connectivity index (χ4v) is 3.75. The maximum absolute atomic E-state index is 11.3. The molecule has 2 aromatic rings. The molecule has 0 aliphatic carbocycles. The lowest BCUT2D eigenvalue weighted by Crippen LogP contribution is -2.42. The minimum absolute atomic E-state index is 0. The van der Waals surface area contributed by atoms with Crippen molar-refractivity contribution < 1.29 is 9.53 Å². The number of rotatable bonds is 8. The van der Waals surface area contributed by atoms with Crippen molar-refractivity contribution in [1.29, 1.82) is 0 Å². The fraction of sp³-hybridized carbons (Fsp3) is 0.417. The SMILES string of the molecule is CCNC(=NCc1ccc(NC(=O)OC)cc1)NCC(c1ccccc1)N1CCCC1.I. The summed E-state index contributed by atoms with van der Waals surface area (Å²) < 4.78 is 4.61. The van der Waals surface area contributed by atoms with Gasteiger partial charge in [0.25, 0.3) is 0 Å². The van der Waals surface area contributed by atoms with E-state index in [2.05, 4.69) is 62.8 Å². The molecule has 0 bridgehead atoms. The van der Waals surface area contributed by atoms with Crippen LogP contribution >= 0.6 is 24.0 Å². The highest BCUT2D eigenvalue weighted by atomic mass is 127. The summed E-state index contributed by atoms with van der Waals surface area (Å²) in [4.78, 5) is 18.6. The summed E-state index contributed by atoms with van der Waals surface area (Å²) in [5.74, 6) is 0.805. The van der Waals surface area contributed by atoms with Crippen molar-refractivity contribution in [3.63, 3.8) is 0 Å². The minimum atomic E-state index is -0.477. The maximum atomic E-state index is 11.3. The highest BCUT2D eigenvalue weighted by Gasteiger charge is 2.23. The highest BCUT2D eigenvalue weighted by molar-refractivity contribution is 14.0. The van der Waals surface area contributed by atoms with Crippen molar-refractivity contribution in [3.8, 4) is 0 Å². The third-order valence-electron chi connectivity index (χ3n) is 5.38. The molecule has 0 radical (unpaired) electrons. The minimum Gasteiger partial charge on any atom is -0.453 e. The predicted octanol–water partition coefficient (Wildman–Crippen LogP) is 4.38. The van der Waals surface area contributed by atoms with Crippen molar-refractivity contribution >= 4 is 41.7 Å². The van der Waals surface area contributed by atoms with Gasteiger partial charge in [0.05, 0.1) is 19.7 Å². The Morgan fingerprint density at radius 1 is 1.06 bits per heavy atom. The Kier molecular flexibility index (Phi) is 11.3. The van der Waals surface area contributed by atoms with E-state index in [1.807, 2.05) is 24.3 Å². The number of nitrogens with zero attached hydrogens (tertiary/aromatic N) is 2. The summed E-state index contributed by atoms with van der Waals surface area (Å²) in [6.07, 6.45) is 2.05. The first-order valence-electron chi connectivity index (χ1n) is 10.9. The van der Waals surface area contributed by atoms with Crippen LogP contribution in [0, 0.1) is 0 Å². The number of anilines is 1. The van der Waals surface area contributed by atoms with Crippen LogP contribution in [-0.2, 0) is 11.3 Å². The molecule has 174 valence electrons. The van der Waals surface area contributed by atoms with E-state index in [9.17, 15) is 4.79 Å².